The van der Waals surface area contributed by atoms with E-state index in [0.717, 1.165) is 162 Å². The molecule has 7 aromatic rings. The number of fused-ring (bicyclic) bond motifs is 2. The van der Waals surface area contributed by atoms with Crippen LogP contribution in [-0.2, 0) is 0 Å². The highest BCUT2D eigenvalue weighted by atomic mass is 79.9. The topological polar surface area (TPSA) is 88.5 Å². The molecule has 4 unspecified atom stereocenters. The summed E-state index contributed by atoms with van der Waals surface area (Å²) in [6.45, 7) is 20.6. The number of thiophene rings is 2. The summed E-state index contributed by atoms with van der Waals surface area (Å²) >= 11 is 12.1. The molecule has 13 heteroatoms. The molecular formula is C60H78Br2N4O4S3. The second-order valence-corrected chi connectivity index (χ2v) is 25.3. The maximum absolute atomic E-state index is 6.84. The van der Waals surface area contributed by atoms with Crippen molar-refractivity contribution >= 4 is 88.3 Å². The van der Waals surface area contributed by atoms with Crippen molar-refractivity contribution in [2.75, 3.05) is 26.4 Å². The molecule has 394 valence electrons. The first-order valence-electron chi connectivity index (χ1n) is 27.5. The van der Waals surface area contributed by atoms with Gasteiger partial charge in [-0.25, -0.2) is 9.97 Å². The quantitative estimate of drug-likeness (QED) is 0.0412. The lowest BCUT2D eigenvalue weighted by molar-refractivity contribution is 0.223. The van der Waals surface area contributed by atoms with Crippen LogP contribution in [0.15, 0.2) is 68.2 Å². The van der Waals surface area contributed by atoms with E-state index in [1.807, 2.05) is 0 Å². The lowest BCUT2D eigenvalue weighted by Gasteiger charge is -2.21. The van der Waals surface area contributed by atoms with E-state index in [0.29, 0.717) is 61.5 Å². The number of unbranched alkanes of at least 4 members (excludes halogenated alkanes) is 4. The third-order valence-electron chi connectivity index (χ3n) is 14.4. The number of halogens is 2. The number of aromatic nitrogens is 4. The molecule has 7 rings (SSSR count). The molecule has 73 heavy (non-hydrogen) atoms. The van der Waals surface area contributed by atoms with E-state index in [-0.39, 0.29) is 0 Å². The van der Waals surface area contributed by atoms with Crippen LogP contribution in [0.3, 0.4) is 0 Å². The summed E-state index contributed by atoms with van der Waals surface area (Å²) in [6, 6.07) is 21.2. The van der Waals surface area contributed by atoms with Gasteiger partial charge in [-0.1, -0.05) is 132 Å². The normalized spacial score (nSPS) is 13.4. The lowest BCUT2D eigenvalue weighted by Crippen LogP contribution is -2.13. The molecule has 0 N–H and O–H groups in total. The Morgan fingerprint density at radius 2 is 0.740 bits per heavy atom. The van der Waals surface area contributed by atoms with Gasteiger partial charge in [0.25, 0.3) is 0 Å². The Labute approximate surface area is 465 Å². The molecule has 0 aliphatic carbocycles. The average molecular weight is 1180 g/mol. The summed E-state index contributed by atoms with van der Waals surface area (Å²) in [4.78, 5) is 13.8. The molecule has 0 saturated heterocycles. The summed E-state index contributed by atoms with van der Waals surface area (Å²) in [5, 5.41) is 0. The largest absolute Gasteiger partial charge is 0.493 e. The molecule has 0 bridgehead atoms. The van der Waals surface area contributed by atoms with Gasteiger partial charge in [0.2, 0.25) is 0 Å². The molecule has 4 aromatic heterocycles. The van der Waals surface area contributed by atoms with Crippen molar-refractivity contribution in [1.29, 1.82) is 0 Å². The van der Waals surface area contributed by atoms with Crippen LogP contribution in [0.2, 0.25) is 0 Å². The maximum atomic E-state index is 6.84. The van der Waals surface area contributed by atoms with E-state index >= 15 is 0 Å². The van der Waals surface area contributed by atoms with E-state index in [2.05, 4.69) is 148 Å². The fraction of sp³-hybridized carbons (Fsp3) is 0.533. The van der Waals surface area contributed by atoms with Crippen molar-refractivity contribution in [2.24, 2.45) is 23.7 Å². The van der Waals surface area contributed by atoms with Crippen LogP contribution in [0, 0.1) is 23.7 Å². The van der Waals surface area contributed by atoms with Gasteiger partial charge in [-0.2, -0.15) is 8.75 Å². The summed E-state index contributed by atoms with van der Waals surface area (Å²) < 4.78 is 39.5. The Kier molecular flexibility index (Phi) is 22.7. The predicted octanol–water partition coefficient (Wildman–Crippen LogP) is 20.3. The van der Waals surface area contributed by atoms with Crippen LogP contribution < -0.4 is 18.9 Å². The highest BCUT2D eigenvalue weighted by molar-refractivity contribution is 9.11. The number of ether oxygens (including phenoxy) is 4. The average Bonchev–Trinajstić information content (AvgIpc) is 4.19. The third-order valence-corrected chi connectivity index (χ3v) is 18.2. The van der Waals surface area contributed by atoms with Crippen LogP contribution >= 0.6 is 66.3 Å². The van der Waals surface area contributed by atoms with Crippen molar-refractivity contribution < 1.29 is 18.9 Å². The standard InChI is InChI=1S/C60H78Br2N4O4S3/c1-9-17-21-39(13-5)35-67-45-29-43(30-46(33-45)68-36-40(14-6)22-18-10-2)55-56(44-31-47(69-37-41(15-7)23-19-11-3)34-48(32-44)70-38-42(16-8)24-20-12-4)64-58-54(50-26-28-52(62)72-50)60-59(65-73-66-60)53(57(58)63-55)49-25-27-51(61)71-49/h25-34,39-42H,9-24,35-38H2,1-8H3. The summed E-state index contributed by atoms with van der Waals surface area (Å²) in [6.07, 6.45) is 18.2. The van der Waals surface area contributed by atoms with E-state index in [1.165, 1.54) is 37.4 Å². The maximum Gasteiger partial charge on any atom is 0.123 e. The second kappa shape index (κ2) is 29.0. The van der Waals surface area contributed by atoms with Gasteiger partial charge in [-0.15, -0.1) is 22.7 Å². The first-order chi connectivity index (χ1) is 35.6. The fourth-order valence-corrected chi connectivity index (χ4v) is 12.9. The molecule has 0 spiro atoms. The molecule has 0 fully saturated rings. The van der Waals surface area contributed by atoms with E-state index in [9.17, 15) is 0 Å². The van der Waals surface area contributed by atoms with Crippen LogP contribution in [0.5, 0.6) is 23.0 Å². The van der Waals surface area contributed by atoms with Gasteiger partial charge >= 0.3 is 0 Å². The Morgan fingerprint density at radius 3 is 1.00 bits per heavy atom. The van der Waals surface area contributed by atoms with E-state index < -0.39 is 0 Å². The smallest absolute Gasteiger partial charge is 0.123 e. The van der Waals surface area contributed by atoms with Gasteiger partial charge in [-0.3, -0.25) is 0 Å². The monoisotopic (exact) mass is 1170 g/mol. The van der Waals surface area contributed by atoms with Crippen molar-refractivity contribution in [3.05, 3.63) is 68.2 Å². The highest BCUT2D eigenvalue weighted by Crippen LogP contribution is 2.48. The number of rotatable bonds is 32. The second-order valence-electron chi connectivity index (χ2n) is 19.8. The van der Waals surface area contributed by atoms with Crippen molar-refractivity contribution in [3.63, 3.8) is 0 Å². The Balaban J connectivity index is 1.52. The zero-order valence-electron chi connectivity index (χ0n) is 44.6. The summed E-state index contributed by atoms with van der Waals surface area (Å²) in [5.41, 5.74) is 8.10. The summed E-state index contributed by atoms with van der Waals surface area (Å²) in [5.74, 6) is 4.85. The molecule has 0 aliphatic heterocycles. The SMILES string of the molecule is CCCCC(CC)COc1cc(OCC(CC)CCCC)cc(-c2nc3c(-c4ccc(Br)s4)c4nsnc4c(-c4ccc(Br)s4)c3nc2-c2cc(OCC(CC)CCCC)cc(OCC(CC)CCCC)c2)c1. The number of nitrogens with zero attached hydrogens (tertiary/aromatic N) is 4. The van der Waals surface area contributed by atoms with Crippen molar-refractivity contribution in [2.45, 2.75) is 158 Å². The minimum absolute atomic E-state index is 0.449. The predicted molar refractivity (Wildman–Crippen MR) is 319 cm³/mol. The molecule has 4 heterocycles. The zero-order chi connectivity index (χ0) is 51.7. The first-order valence-corrected chi connectivity index (χ1v) is 31.4. The molecular weight excluding hydrogens is 1100 g/mol. The summed E-state index contributed by atoms with van der Waals surface area (Å²) in [7, 11) is 0. The van der Waals surface area contributed by atoms with Crippen LogP contribution in [0.4, 0.5) is 0 Å². The van der Waals surface area contributed by atoms with Gasteiger partial charge in [-0.05, 0) is 130 Å². The lowest BCUT2D eigenvalue weighted by atomic mass is 9.98. The Bertz CT molecular complexity index is 2550. The van der Waals surface area contributed by atoms with Gasteiger partial charge in [0, 0.05) is 44.1 Å². The molecule has 0 amide bonds. The van der Waals surface area contributed by atoms with Crippen LogP contribution in [-0.4, -0.2) is 45.1 Å². The minimum Gasteiger partial charge on any atom is -0.493 e. The Morgan fingerprint density at radius 1 is 0.425 bits per heavy atom. The van der Waals surface area contributed by atoms with E-state index in [4.69, 9.17) is 37.7 Å². The molecule has 0 saturated carbocycles. The van der Waals surface area contributed by atoms with Crippen molar-refractivity contribution in [1.82, 2.24) is 18.7 Å². The van der Waals surface area contributed by atoms with Crippen LogP contribution in [0.1, 0.15) is 158 Å². The highest BCUT2D eigenvalue weighted by Gasteiger charge is 2.28. The number of benzene rings is 3. The molecule has 0 radical (unpaired) electrons. The van der Waals surface area contributed by atoms with Gasteiger partial charge < -0.3 is 18.9 Å². The zero-order valence-corrected chi connectivity index (χ0v) is 50.2. The molecule has 4 atom stereocenters. The minimum atomic E-state index is 0.449. The molecule has 8 nitrogen and oxygen atoms in total. The number of hydrogen-bond donors (Lipinski definition) is 0. The van der Waals surface area contributed by atoms with Gasteiger partial charge in [0.05, 0.1) is 57.1 Å². The first kappa shape index (κ1) is 57.1. The third kappa shape index (κ3) is 15.3. The van der Waals surface area contributed by atoms with E-state index in [1.54, 1.807) is 22.7 Å². The van der Waals surface area contributed by atoms with Crippen molar-refractivity contribution in [3.8, 4) is 66.4 Å². The molecule has 3 aromatic carbocycles. The molecule has 0 aliphatic rings. The number of hydrogen-bond acceptors (Lipinski definition) is 11. The fourth-order valence-electron chi connectivity index (χ4n) is 9.49. The Hall–Kier alpha value is -3.62. The van der Waals surface area contributed by atoms with Gasteiger partial charge in [0.15, 0.2) is 0 Å². The van der Waals surface area contributed by atoms with Crippen LogP contribution in [0.25, 0.3) is 65.5 Å². The van der Waals surface area contributed by atoms with Gasteiger partial charge in [0.1, 0.15) is 45.1 Å².